The summed E-state index contributed by atoms with van der Waals surface area (Å²) in [5.41, 5.74) is 2.26. The van der Waals surface area contributed by atoms with Crippen LogP contribution in [-0.2, 0) is 14.3 Å². The fourth-order valence-corrected chi connectivity index (χ4v) is 4.64. The number of hydrogen-bond donors (Lipinski definition) is 2. The number of rotatable bonds is 9. The highest BCUT2D eigenvalue weighted by molar-refractivity contribution is 6.35. The van der Waals surface area contributed by atoms with Crippen LogP contribution in [0.4, 0.5) is 5.69 Å². The van der Waals surface area contributed by atoms with Gasteiger partial charge in [-0.25, -0.2) is 0 Å². The maximum atomic E-state index is 12.5. The summed E-state index contributed by atoms with van der Waals surface area (Å²) in [7, 11) is 0. The van der Waals surface area contributed by atoms with Gasteiger partial charge in [-0.15, -0.1) is 0 Å². The van der Waals surface area contributed by atoms with E-state index in [1.165, 1.54) is 5.69 Å². The molecule has 2 saturated heterocycles. The third-order valence-electron chi connectivity index (χ3n) is 6.65. The predicted octanol–water partition coefficient (Wildman–Crippen LogP) is 0.900. The van der Waals surface area contributed by atoms with Gasteiger partial charge in [-0.3, -0.25) is 24.4 Å². The van der Waals surface area contributed by atoms with Gasteiger partial charge in [0.05, 0.1) is 19.3 Å². The van der Waals surface area contributed by atoms with Crippen LogP contribution in [0.15, 0.2) is 54.9 Å². The molecule has 4 rings (SSSR count). The van der Waals surface area contributed by atoms with Crippen LogP contribution in [0.5, 0.6) is 0 Å². The molecule has 1 aromatic heterocycles. The van der Waals surface area contributed by atoms with E-state index in [9.17, 15) is 9.59 Å². The molecule has 2 N–H and O–H groups in total. The second kappa shape index (κ2) is 13.2. The number of nitrogens with one attached hydrogen (secondary N) is 2. The number of carbonyl (C=O) groups excluding carboxylic acids is 2. The number of piperazine rings is 1. The van der Waals surface area contributed by atoms with Crippen LogP contribution < -0.4 is 15.5 Å². The first kappa shape index (κ1) is 25.1. The van der Waals surface area contributed by atoms with Gasteiger partial charge in [0.25, 0.3) is 0 Å². The summed E-state index contributed by atoms with van der Waals surface area (Å²) in [6, 6.07) is 14.3. The lowest BCUT2D eigenvalue weighted by atomic mass is 10.1. The fourth-order valence-electron chi connectivity index (χ4n) is 4.64. The molecule has 1 unspecified atom stereocenters. The monoisotopic (exact) mass is 480 g/mol. The van der Waals surface area contributed by atoms with Crippen LogP contribution in [-0.4, -0.2) is 98.7 Å². The van der Waals surface area contributed by atoms with Crippen LogP contribution in [0.25, 0.3) is 0 Å². The lowest BCUT2D eigenvalue weighted by molar-refractivity contribution is -0.139. The van der Waals surface area contributed by atoms with E-state index in [-0.39, 0.29) is 6.04 Å². The maximum Gasteiger partial charge on any atom is 0.309 e. The number of hydrogen-bond acceptors (Lipinski definition) is 7. The van der Waals surface area contributed by atoms with E-state index < -0.39 is 11.8 Å². The van der Waals surface area contributed by atoms with E-state index in [0.29, 0.717) is 13.1 Å². The number of amides is 2. The highest BCUT2D eigenvalue weighted by Crippen LogP contribution is 2.23. The third kappa shape index (κ3) is 7.48. The molecule has 2 amide bonds. The second-order valence-corrected chi connectivity index (χ2v) is 8.93. The number of anilines is 1. The van der Waals surface area contributed by atoms with Gasteiger partial charge in [0, 0.05) is 70.4 Å². The Morgan fingerprint density at radius 3 is 2.37 bits per heavy atom. The first-order valence-corrected chi connectivity index (χ1v) is 12.5. The van der Waals surface area contributed by atoms with Gasteiger partial charge < -0.3 is 20.3 Å². The zero-order valence-corrected chi connectivity index (χ0v) is 20.3. The highest BCUT2D eigenvalue weighted by Gasteiger charge is 2.26. The van der Waals surface area contributed by atoms with E-state index >= 15 is 0 Å². The van der Waals surface area contributed by atoms with Gasteiger partial charge in [0.1, 0.15) is 0 Å². The first-order chi connectivity index (χ1) is 17.2. The maximum absolute atomic E-state index is 12.5. The molecule has 1 aromatic carbocycles. The van der Waals surface area contributed by atoms with Gasteiger partial charge in [-0.05, 0) is 36.7 Å². The molecule has 0 bridgehead atoms. The van der Waals surface area contributed by atoms with Crippen molar-refractivity contribution in [2.24, 2.45) is 0 Å². The number of ether oxygens (including phenoxy) is 1. The molecule has 3 heterocycles. The van der Waals surface area contributed by atoms with E-state index in [0.717, 1.165) is 71.0 Å². The largest absolute Gasteiger partial charge is 0.379 e. The average Bonchev–Trinajstić information content (AvgIpc) is 2.93. The quantitative estimate of drug-likeness (QED) is 0.407. The van der Waals surface area contributed by atoms with Crippen molar-refractivity contribution in [3.05, 3.63) is 60.4 Å². The van der Waals surface area contributed by atoms with Crippen LogP contribution in [0.2, 0.25) is 0 Å². The molecular weight excluding hydrogens is 444 g/mol. The zero-order valence-electron chi connectivity index (χ0n) is 20.3. The van der Waals surface area contributed by atoms with Crippen molar-refractivity contribution in [1.82, 2.24) is 25.4 Å². The molecule has 2 aliphatic rings. The number of para-hydroxylation sites is 1. The lowest BCUT2D eigenvalue weighted by Gasteiger charge is -2.40. The topological polar surface area (TPSA) is 90.0 Å². The molecule has 2 aliphatic heterocycles. The molecule has 0 radical (unpaired) electrons. The predicted molar refractivity (Wildman–Crippen MR) is 135 cm³/mol. The summed E-state index contributed by atoms with van der Waals surface area (Å²) in [4.78, 5) is 36.1. The SMILES string of the molecule is O=C(NCCCN1CCOCC1)C(=O)NCC(c1cccnc1)N1CCN(c2ccccc2)CC1. The van der Waals surface area contributed by atoms with Gasteiger partial charge in [-0.1, -0.05) is 24.3 Å². The summed E-state index contributed by atoms with van der Waals surface area (Å²) in [6.45, 7) is 8.61. The Balaban J connectivity index is 1.25. The Bertz CT molecular complexity index is 915. The number of nitrogens with zero attached hydrogens (tertiary/aromatic N) is 4. The Hall–Kier alpha value is -3.01. The van der Waals surface area contributed by atoms with Crippen LogP contribution in [0.3, 0.4) is 0 Å². The van der Waals surface area contributed by atoms with Gasteiger partial charge in [-0.2, -0.15) is 0 Å². The molecule has 0 saturated carbocycles. The number of morpholine rings is 1. The van der Waals surface area contributed by atoms with Crippen LogP contribution in [0.1, 0.15) is 18.0 Å². The van der Waals surface area contributed by atoms with Gasteiger partial charge in [0.2, 0.25) is 0 Å². The minimum absolute atomic E-state index is 0.0420. The zero-order chi connectivity index (χ0) is 24.3. The van der Waals surface area contributed by atoms with Crippen molar-refractivity contribution in [2.75, 3.05) is 77.0 Å². The smallest absolute Gasteiger partial charge is 0.309 e. The summed E-state index contributed by atoms with van der Waals surface area (Å²) in [5, 5.41) is 5.60. The van der Waals surface area contributed by atoms with Crippen molar-refractivity contribution in [2.45, 2.75) is 12.5 Å². The van der Waals surface area contributed by atoms with E-state index in [1.54, 1.807) is 6.20 Å². The summed E-state index contributed by atoms with van der Waals surface area (Å²) < 4.78 is 5.35. The molecule has 2 fully saturated rings. The molecule has 1 atom stereocenters. The van der Waals surface area contributed by atoms with Crippen LogP contribution >= 0.6 is 0 Å². The van der Waals surface area contributed by atoms with Crippen molar-refractivity contribution in [3.63, 3.8) is 0 Å². The van der Waals surface area contributed by atoms with Gasteiger partial charge >= 0.3 is 11.8 Å². The summed E-state index contributed by atoms with van der Waals surface area (Å²) in [5.74, 6) is -1.17. The average molecular weight is 481 g/mol. The van der Waals surface area contributed by atoms with Crippen molar-refractivity contribution >= 4 is 17.5 Å². The Labute approximate surface area is 207 Å². The minimum Gasteiger partial charge on any atom is -0.379 e. The number of benzene rings is 1. The molecule has 0 aliphatic carbocycles. The minimum atomic E-state index is -0.590. The van der Waals surface area contributed by atoms with Crippen molar-refractivity contribution < 1.29 is 14.3 Å². The molecule has 2 aromatic rings. The molecule has 35 heavy (non-hydrogen) atoms. The number of pyridine rings is 1. The molecule has 188 valence electrons. The first-order valence-electron chi connectivity index (χ1n) is 12.5. The molecule has 9 nitrogen and oxygen atoms in total. The Kier molecular flexibility index (Phi) is 9.45. The normalized spacial score (nSPS) is 18.1. The second-order valence-electron chi connectivity index (χ2n) is 8.93. The fraction of sp³-hybridized carbons (Fsp3) is 0.500. The number of carbonyl (C=O) groups is 2. The summed E-state index contributed by atoms with van der Waals surface area (Å²) >= 11 is 0. The molecular formula is C26H36N6O3. The Morgan fingerprint density at radius 2 is 1.66 bits per heavy atom. The van der Waals surface area contributed by atoms with Crippen molar-refractivity contribution in [1.29, 1.82) is 0 Å². The van der Waals surface area contributed by atoms with E-state index in [4.69, 9.17) is 4.74 Å². The molecule has 0 spiro atoms. The molecule has 9 heteroatoms. The lowest BCUT2D eigenvalue weighted by Crippen LogP contribution is -2.51. The highest BCUT2D eigenvalue weighted by atomic mass is 16.5. The van der Waals surface area contributed by atoms with Gasteiger partial charge in [0.15, 0.2) is 0 Å². The van der Waals surface area contributed by atoms with E-state index in [1.807, 2.05) is 24.4 Å². The van der Waals surface area contributed by atoms with Crippen molar-refractivity contribution in [3.8, 4) is 0 Å². The summed E-state index contributed by atoms with van der Waals surface area (Å²) in [6.07, 6.45) is 4.39. The third-order valence-corrected chi connectivity index (χ3v) is 6.65. The standard InChI is InChI=1S/C26H36N6O3/c33-25(28-10-5-11-30-16-18-35-19-17-30)26(34)29-21-24(22-6-4-9-27-20-22)32-14-12-31(13-15-32)23-7-2-1-3-8-23/h1-4,6-9,20,24H,5,10-19,21H2,(H,28,33)(H,29,34). The Morgan fingerprint density at radius 1 is 0.914 bits per heavy atom. The number of aromatic nitrogens is 1. The van der Waals surface area contributed by atoms with E-state index in [2.05, 4.69) is 54.6 Å². The van der Waals surface area contributed by atoms with Crippen LogP contribution in [0, 0.1) is 0 Å².